The summed E-state index contributed by atoms with van der Waals surface area (Å²) < 4.78 is 34.2. The van der Waals surface area contributed by atoms with Gasteiger partial charge in [-0.05, 0) is 63.4 Å². The van der Waals surface area contributed by atoms with Gasteiger partial charge in [0.25, 0.3) is 7.82 Å². The second-order valence-electron chi connectivity index (χ2n) is 16.4. The number of aliphatic hydroxyl groups excluding tert-OH is 3. The van der Waals surface area contributed by atoms with E-state index in [1.54, 1.807) is 18.2 Å². The number of aliphatic hydroxyl groups is 3. The number of carbonyl (C=O) groups excluding carboxylic acids is 1. The van der Waals surface area contributed by atoms with Crippen LogP contribution in [0.25, 0.3) is 0 Å². The van der Waals surface area contributed by atoms with E-state index >= 15 is 0 Å². The summed E-state index contributed by atoms with van der Waals surface area (Å²) >= 11 is 0. The van der Waals surface area contributed by atoms with Crippen LogP contribution in [0.1, 0.15) is 142 Å². The second-order valence-corrected chi connectivity index (χ2v) is 17.8. The van der Waals surface area contributed by atoms with E-state index in [4.69, 9.17) is 18.5 Å². The average Bonchev–Trinajstić information content (AvgIpc) is 3.41. The fourth-order valence-corrected chi connectivity index (χ4v) is 7.22. The standard InChI is InChI=1S/C44H80NO10P/c1-6-8-10-11-12-13-14-15-16-17-18-19-20-21-22-26-33-52-39(37-55-56(50,51)54-34-32-45(3,4)5)36-53-44(49)29-25-24-28-40-41(43(48)35-42(40)47)31-30-38(46)27-23-9-7-2/h15-16,24-26,30-31,33,38-43,46-48H,6-14,17-23,27-29,32,34-37H2,1-5H3/b16-15-,25-24-,31-30+,33-26-/t38-,39-,40+,41-,42+,43-/m1/s1. The van der Waals surface area contributed by atoms with Crippen LogP contribution in [0.4, 0.5) is 0 Å². The fourth-order valence-electron chi connectivity index (χ4n) is 6.50. The first-order chi connectivity index (χ1) is 26.8. The van der Waals surface area contributed by atoms with Gasteiger partial charge in [0.2, 0.25) is 0 Å². The van der Waals surface area contributed by atoms with Crippen LogP contribution < -0.4 is 4.89 Å². The number of hydrogen-bond donors (Lipinski definition) is 3. The van der Waals surface area contributed by atoms with Gasteiger partial charge in [-0.15, -0.1) is 0 Å². The van der Waals surface area contributed by atoms with Gasteiger partial charge in [-0.25, -0.2) is 0 Å². The molecule has 11 nitrogen and oxygen atoms in total. The third kappa shape index (κ3) is 28.6. The summed E-state index contributed by atoms with van der Waals surface area (Å²) in [4.78, 5) is 25.0. The molecule has 1 saturated carbocycles. The minimum atomic E-state index is -4.60. The van der Waals surface area contributed by atoms with Crippen molar-refractivity contribution in [2.45, 2.75) is 167 Å². The minimum Gasteiger partial charge on any atom is -0.756 e. The molecule has 1 rings (SSSR count). The van der Waals surface area contributed by atoms with Crippen molar-refractivity contribution in [2.24, 2.45) is 11.8 Å². The molecule has 1 aliphatic carbocycles. The zero-order chi connectivity index (χ0) is 41.5. The molecule has 0 aliphatic heterocycles. The maximum atomic E-state index is 12.6. The van der Waals surface area contributed by atoms with Crippen LogP contribution in [0, 0.1) is 11.8 Å². The van der Waals surface area contributed by atoms with Crippen LogP contribution in [0.3, 0.4) is 0 Å². The molecule has 0 saturated heterocycles. The zero-order valence-corrected chi connectivity index (χ0v) is 36.5. The molecule has 0 aromatic rings. The van der Waals surface area contributed by atoms with Gasteiger partial charge in [0.15, 0.2) is 6.10 Å². The molecule has 1 unspecified atom stereocenters. The summed E-state index contributed by atoms with van der Waals surface area (Å²) in [5.41, 5.74) is 0. The van der Waals surface area contributed by atoms with E-state index in [1.165, 1.54) is 57.6 Å². The highest BCUT2D eigenvalue weighted by atomic mass is 31.2. The van der Waals surface area contributed by atoms with E-state index in [9.17, 15) is 29.6 Å². The van der Waals surface area contributed by atoms with Crippen LogP contribution in [-0.2, 0) is 27.9 Å². The Hall–Kier alpha value is -1.82. The molecule has 12 heteroatoms. The number of quaternary nitrogens is 1. The van der Waals surface area contributed by atoms with Crippen molar-refractivity contribution >= 4 is 13.8 Å². The SMILES string of the molecule is CCCCCCCC/C=C\CCCCCC/C=C\O[C@H](COC(=O)C/C=C\C[C@H]1[C@@H](/C=C/[C@H](O)CCCCC)[C@H](O)C[C@@H]1O)COP(=O)([O-])OCC[N+](C)(C)C. The van der Waals surface area contributed by atoms with Gasteiger partial charge in [-0.1, -0.05) is 115 Å². The summed E-state index contributed by atoms with van der Waals surface area (Å²) in [5.74, 6) is -1.07. The van der Waals surface area contributed by atoms with Crippen molar-refractivity contribution in [3.63, 3.8) is 0 Å². The predicted octanol–water partition coefficient (Wildman–Crippen LogP) is 8.48. The van der Waals surface area contributed by atoms with Crippen molar-refractivity contribution in [3.8, 4) is 0 Å². The lowest BCUT2D eigenvalue weighted by Crippen LogP contribution is -2.37. The smallest absolute Gasteiger partial charge is 0.309 e. The molecule has 1 fully saturated rings. The number of hydrogen-bond acceptors (Lipinski definition) is 10. The molecule has 0 radical (unpaired) electrons. The maximum Gasteiger partial charge on any atom is 0.309 e. The molecule has 326 valence electrons. The second kappa shape index (κ2) is 32.1. The topological polar surface area (TPSA) is 155 Å². The van der Waals surface area contributed by atoms with E-state index in [1.807, 2.05) is 33.3 Å². The van der Waals surface area contributed by atoms with E-state index in [-0.39, 0.29) is 44.5 Å². The lowest BCUT2D eigenvalue weighted by Gasteiger charge is -2.28. The number of unbranched alkanes of at least 4 members (excludes halogenated alkanes) is 13. The Morgan fingerprint density at radius 2 is 1.41 bits per heavy atom. The molecule has 1 aliphatic rings. The highest BCUT2D eigenvalue weighted by molar-refractivity contribution is 7.45. The maximum absolute atomic E-state index is 12.6. The molecule has 0 aromatic heterocycles. The van der Waals surface area contributed by atoms with E-state index in [0.717, 1.165) is 51.4 Å². The van der Waals surface area contributed by atoms with Crippen LogP contribution in [-0.4, -0.2) is 97.7 Å². The highest BCUT2D eigenvalue weighted by Crippen LogP contribution is 2.38. The van der Waals surface area contributed by atoms with Gasteiger partial charge in [-0.3, -0.25) is 9.36 Å². The van der Waals surface area contributed by atoms with Crippen molar-refractivity contribution in [3.05, 3.63) is 48.8 Å². The Kier molecular flexibility index (Phi) is 29.9. The monoisotopic (exact) mass is 814 g/mol. The van der Waals surface area contributed by atoms with Gasteiger partial charge < -0.3 is 43.2 Å². The Morgan fingerprint density at radius 3 is 2.05 bits per heavy atom. The van der Waals surface area contributed by atoms with Gasteiger partial charge in [0.1, 0.15) is 19.8 Å². The number of phosphoric acid groups is 1. The number of esters is 1. The summed E-state index contributed by atoms with van der Waals surface area (Å²) in [7, 11) is 1.18. The summed E-state index contributed by atoms with van der Waals surface area (Å²) in [6.45, 7) is 4.20. The fraction of sp³-hybridized carbons (Fsp3) is 0.795. The molecule has 0 spiro atoms. The van der Waals surface area contributed by atoms with Crippen LogP contribution in [0.15, 0.2) is 48.8 Å². The van der Waals surface area contributed by atoms with Crippen molar-refractivity contribution in [1.29, 1.82) is 0 Å². The van der Waals surface area contributed by atoms with Gasteiger partial charge in [-0.2, -0.15) is 0 Å². The number of likely N-dealkylation sites (N-methyl/N-ethyl adjacent to an activating group) is 1. The number of carbonyl (C=O) groups is 1. The van der Waals surface area contributed by atoms with Crippen molar-refractivity contribution in [2.75, 3.05) is 47.5 Å². The third-order valence-corrected chi connectivity index (χ3v) is 11.0. The first-order valence-electron chi connectivity index (χ1n) is 21.7. The summed E-state index contributed by atoms with van der Waals surface area (Å²) in [6.07, 6.45) is 32.1. The normalized spacial score (nSPS) is 21.4. The van der Waals surface area contributed by atoms with Gasteiger partial charge in [0, 0.05) is 12.3 Å². The summed E-state index contributed by atoms with van der Waals surface area (Å²) in [6, 6.07) is 0. The average molecular weight is 814 g/mol. The van der Waals surface area contributed by atoms with Crippen molar-refractivity contribution < 1.29 is 52.6 Å². The quantitative estimate of drug-likeness (QED) is 0.0142. The molecule has 3 N–H and O–H groups in total. The molecular weight excluding hydrogens is 733 g/mol. The van der Waals surface area contributed by atoms with Crippen molar-refractivity contribution in [1.82, 2.24) is 0 Å². The molecule has 0 aromatic carbocycles. The number of ether oxygens (including phenoxy) is 2. The van der Waals surface area contributed by atoms with E-state index < -0.39 is 38.2 Å². The lowest BCUT2D eigenvalue weighted by atomic mass is 9.89. The van der Waals surface area contributed by atoms with Crippen LogP contribution in [0.2, 0.25) is 0 Å². The molecule has 56 heavy (non-hydrogen) atoms. The van der Waals surface area contributed by atoms with Crippen LogP contribution in [0.5, 0.6) is 0 Å². The molecule has 7 atom stereocenters. The summed E-state index contributed by atoms with van der Waals surface area (Å²) in [5, 5.41) is 31.4. The van der Waals surface area contributed by atoms with Crippen LogP contribution >= 0.6 is 7.82 Å². The Morgan fingerprint density at radius 1 is 0.804 bits per heavy atom. The van der Waals surface area contributed by atoms with E-state index in [2.05, 4.69) is 26.0 Å². The minimum absolute atomic E-state index is 0.0264. The third-order valence-electron chi connectivity index (χ3n) is 10.0. The predicted molar refractivity (Wildman–Crippen MR) is 223 cm³/mol. The number of phosphoric ester groups is 1. The number of allylic oxidation sites excluding steroid dienone is 4. The number of nitrogens with zero attached hydrogens (tertiary/aromatic N) is 1. The molecule has 0 bridgehead atoms. The Balaban J connectivity index is 2.54. The Bertz CT molecular complexity index is 1150. The highest BCUT2D eigenvalue weighted by Gasteiger charge is 2.39. The zero-order valence-electron chi connectivity index (χ0n) is 35.6. The largest absolute Gasteiger partial charge is 0.756 e. The molecule has 0 heterocycles. The van der Waals surface area contributed by atoms with Gasteiger partial charge in [0.05, 0.1) is 58.7 Å². The molecule has 0 amide bonds. The number of rotatable bonds is 35. The Labute approximate surface area is 340 Å². The lowest BCUT2D eigenvalue weighted by molar-refractivity contribution is -0.870. The van der Waals surface area contributed by atoms with Gasteiger partial charge >= 0.3 is 5.97 Å². The van der Waals surface area contributed by atoms with E-state index in [0.29, 0.717) is 23.9 Å². The molecular formula is C44H80NO10P. The first-order valence-corrected chi connectivity index (χ1v) is 23.1. The first kappa shape index (κ1) is 52.2.